The highest BCUT2D eigenvalue weighted by Crippen LogP contribution is 2.23. The molecule has 0 spiro atoms. The molecule has 1 atom stereocenters. The Kier molecular flexibility index (Phi) is 7.09. The highest BCUT2D eigenvalue weighted by Gasteiger charge is 2.19. The van der Waals surface area contributed by atoms with Crippen molar-refractivity contribution in [3.63, 3.8) is 0 Å². The summed E-state index contributed by atoms with van der Waals surface area (Å²) in [7, 11) is 0. The number of carbonyl (C=O) groups excluding carboxylic acids is 2. The topological polar surface area (TPSA) is 49.4 Å². The van der Waals surface area contributed by atoms with E-state index in [1.165, 1.54) is 13.3 Å². The normalized spacial score (nSPS) is 16.0. The lowest BCUT2D eigenvalue weighted by Crippen LogP contribution is -2.36. The van der Waals surface area contributed by atoms with Gasteiger partial charge in [-0.15, -0.1) is 0 Å². The summed E-state index contributed by atoms with van der Waals surface area (Å²) in [5.41, 5.74) is 1.16. The molecule has 2 rings (SSSR count). The maximum Gasteiger partial charge on any atom is 0.222 e. The fourth-order valence-electron chi connectivity index (χ4n) is 2.99. The summed E-state index contributed by atoms with van der Waals surface area (Å²) < 4.78 is 1.03. The van der Waals surface area contributed by atoms with Gasteiger partial charge in [0.2, 0.25) is 11.8 Å². The average molecular weight is 381 g/mol. The molecule has 1 aromatic carbocycles. The van der Waals surface area contributed by atoms with E-state index in [-0.39, 0.29) is 17.7 Å². The first-order valence-corrected chi connectivity index (χ1v) is 9.13. The lowest BCUT2D eigenvalue weighted by molar-refractivity contribution is -0.132. The third-order valence-corrected chi connectivity index (χ3v) is 4.88. The molecule has 2 amide bonds. The van der Waals surface area contributed by atoms with Crippen molar-refractivity contribution in [3.8, 4) is 0 Å². The molecule has 1 heterocycles. The van der Waals surface area contributed by atoms with Gasteiger partial charge in [0.05, 0.1) is 0 Å². The SMILES string of the molecule is CC(=O)NCC(CCC(=O)N1CCCCC1)c1ccc(Br)cc1. The predicted molar refractivity (Wildman–Crippen MR) is 95.2 cm³/mol. The second-order valence-electron chi connectivity index (χ2n) is 6.17. The molecule has 0 saturated carbocycles. The van der Waals surface area contributed by atoms with Crippen molar-refractivity contribution in [1.29, 1.82) is 0 Å². The van der Waals surface area contributed by atoms with E-state index in [1.54, 1.807) is 0 Å². The van der Waals surface area contributed by atoms with Crippen molar-refractivity contribution in [2.75, 3.05) is 19.6 Å². The van der Waals surface area contributed by atoms with Gasteiger partial charge in [-0.1, -0.05) is 28.1 Å². The number of nitrogens with one attached hydrogen (secondary N) is 1. The second-order valence-corrected chi connectivity index (χ2v) is 7.08. The third kappa shape index (κ3) is 5.98. The molecule has 1 saturated heterocycles. The Hall–Kier alpha value is -1.36. The highest BCUT2D eigenvalue weighted by molar-refractivity contribution is 9.10. The van der Waals surface area contributed by atoms with Crippen LogP contribution in [0.1, 0.15) is 50.5 Å². The van der Waals surface area contributed by atoms with E-state index in [1.807, 2.05) is 17.0 Å². The van der Waals surface area contributed by atoms with Crippen LogP contribution in [0.25, 0.3) is 0 Å². The van der Waals surface area contributed by atoms with Gasteiger partial charge in [0.15, 0.2) is 0 Å². The minimum absolute atomic E-state index is 0.0329. The van der Waals surface area contributed by atoms with Crippen LogP contribution in [0.4, 0.5) is 0 Å². The summed E-state index contributed by atoms with van der Waals surface area (Å²) in [6, 6.07) is 8.12. The van der Waals surface area contributed by atoms with Crippen LogP contribution in [0.5, 0.6) is 0 Å². The van der Waals surface area contributed by atoms with Gasteiger partial charge >= 0.3 is 0 Å². The van der Waals surface area contributed by atoms with Crippen molar-refractivity contribution >= 4 is 27.7 Å². The molecule has 5 heteroatoms. The highest BCUT2D eigenvalue weighted by atomic mass is 79.9. The summed E-state index contributed by atoms with van der Waals surface area (Å²) >= 11 is 3.44. The van der Waals surface area contributed by atoms with E-state index in [9.17, 15) is 9.59 Å². The second kappa shape index (κ2) is 9.06. The fourth-order valence-corrected chi connectivity index (χ4v) is 3.25. The number of rotatable bonds is 6. The Morgan fingerprint density at radius 2 is 1.83 bits per heavy atom. The van der Waals surface area contributed by atoms with Crippen molar-refractivity contribution in [1.82, 2.24) is 10.2 Å². The van der Waals surface area contributed by atoms with Crippen LogP contribution >= 0.6 is 15.9 Å². The molecule has 0 aromatic heterocycles. The molecule has 0 aliphatic carbocycles. The molecule has 126 valence electrons. The summed E-state index contributed by atoms with van der Waals surface area (Å²) in [5.74, 6) is 0.379. The number of carbonyl (C=O) groups is 2. The maximum absolute atomic E-state index is 12.4. The van der Waals surface area contributed by atoms with Gasteiger partial charge in [0.25, 0.3) is 0 Å². The summed E-state index contributed by atoms with van der Waals surface area (Å²) in [5, 5.41) is 2.89. The molecule has 0 bridgehead atoms. The number of piperidine rings is 1. The van der Waals surface area contributed by atoms with E-state index in [2.05, 4.69) is 33.4 Å². The molecule has 1 aliphatic heterocycles. The van der Waals surface area contributed by atoms with Gasteiger partial charge in [-0.05, 0) is 43.4 Å². The third-order valence-electron chi connectivity index (χ3n) is 4.35. The van der Waals surface area contributed by atoms with Crippen LogP contribution in [0.2, 0.25) is 0 Å². The van der Waals surface area contributed by atoms with Gasteiger partial charge in [0, 0.05) is 43.4 Å². The van der Waals surface area contributed by atoms with Crippen molar-refractivity contribution in [3.05, 3.63) is 34.3 Å². The Morgan fingerprint density at radius 3 is 2.43 bits per heavy atom. The van der Waals surface area contributed by atoms with Crippen LogP contribution in [0, 0.1) is 0 Å². The molecule has 0 radical (unpaired) electrons. The molecule has 4 nitrogen and oxygen atoms in total. The van der Waals surface area contributed by atoms with Gasteiger partial charge in [-0.3, -0.25) is 9.59 Å². The molecule has 1 fully saturated rings. The van der Waals surface area contributed by atoms with E-state index >= 15 is 0 Å². The van der Waals surface area contributed by atoms with E-state index in [0.717, 1.165) is 42.4 Å². The zero-order chi connectivity index (χ0) is 16.7. The smallest absolute Gasteiger partial charge is 0.222 e. The molecular formula is C18H25BrN2O2. The predicted octanol–water partition coefficient (Wildman–Crippen LogP) is 3.46. The van der Waals surface area contributed by atoms with Gasteiger partial charge in [-0.2, -0.15) is 0 Å². The summed E-state index contributed by atoms with van der Waals surface area (Å²) in [6.45, 7) is 3.89. The van der Waals surface area contributed by atoms with Crippen LogP contribution in [-0.4, -0.2) is 36.3 Å². The fraction of sp³-hybridized carbons (Fsp3) is 0.556. The van der Waals surface area contributed by atoms with E-state index in [0.29, 0.717) is 13.0 Å². The number of halogens is 1. The molecule has 1 unspecified atom stereocenters. The zero-order valence-electron chi connectivity index (χ0n) is 13.7. The van der Waals surface area contributed by atoms with Crippen LogP contribution in [-0.2, 0) is 9.59 Å². The molecule has 1 aliphatic rings. The summed E-state index contributed by atoms with van der Waals surface area (Å²) in [4.78, 5) is 25.6. The standard InChI is InChI=1S/C18H25BrN2O2/c1-14(22)20-13-16(15-5-8-17(19)9-6-15)7-10-18(23)21-11-3-2-4-12-21/h5-6,8-9,16H,2-4,7,10-13H2,1H3,(H,20,22). The van der Waals surface area contributed by atoms with Crippen molar-refractivity contribution in [2.45, 2.75) is 44.9 Å². The summed E-state index contributed by atoms with van der Waals surface area (Å²) in [6.07, 6.45) is 4.77. The minimum Gasteiger partial charge on any atom is -0.356 e. The van der Waals surface area contributed by atoms with E-state index < -0.39 is 0 Å². The maximum atomic E-state index is 12.4. The Labute approximate surface area is 146 Å². The Morgan fingerprint density at radius 1 is 1.17 bits per heavy atom. The molecule has 23 heavy (non-hydrogen) atoms. The first kappa shape index (κ1) is 18.0. The Balaban J connectivity index is 1.94. The molecule has 1 N–H and O–H groups in total. The number of nitrogens with zero attached hydrogens (tertiary/aromatic N) is 1. The van der Waals surface area contributed by atoms with Gasteiger partial charge in [0.1, 0.15) is 0 Å². The van der Waals surface area contributed by atoms with Crippen molar-refractivity contribution < 1.29 is 9.59 Å². The average Bonchev–Trinajstić information content (AvgIpc) is 2.56. The first-order chi connectivity index (χ1) is 11.1. The monoisotopic (exact) mass is 380 g/mol. The number of hydrogen-bond donors (Lipinski definition) is 1. The zero-order valence-corrected chi connectivity index (χ0v) is 15.3. The van der Waals surface area contributed by atoms with Crippen LogP contribution < -0.4 is 5.32 Å². The van der Waals surface area contributed by atoms with Gasteiger partial charge < -0.3 is 10.2 Å². The quantitative estimate of drug-likeness (QED) is 0.821. The minimum atomic E-state index is -0.0329. The lowest BCUT2D eigenvalue weighted by Gasteiger charge is -2.27. The Bertz CT molecular complexity index is 524. The number of amides is 2. The van der Waals surface area contributed by atoms with Crippen LogP contribution in [0.15, 0.2) is 28.7 Å². The van der Waals surface area contributed by atoms with Crippen LogP contribution in [0.3, 0.4) is 0 Å². The number of benzene rings is 1. The number of likely N-dealkylation sites (tertiary alicyclic amines) is 1. The molecule has 1 aromatic rings. The van der Waals surface area contributed by atoms with E-state index in [4.69, 9.17) is 0 Å². The number of hydrogen-bond acceptors (Lipinski definition) is 2. The largest absolute Gasteiger partial charge is 0.356 e. The first-order valence-electron chi connectivity index (χ1n) is 8.34. The lowest BCUT2D eigenvalue weighted by atomic mass is 9.93. The van der Waals surface area contributed by atoms with Gasteiger partial charge in [-0.25, -0.2) is 0 Å². The van der Waals surface area contributed by atoms with Crippen molar-refractivity contribution in [2.24, 2.45) is 0 Å². The molecular weight excluding hydrogens is 356 g/mol.